The number of hydrogen-bond donors (Lipinski definition) is 0. The van der Waals surface area contributed by atoms with Gasteiger partial charge in [-0.2, -0.15) is 13.2 Å². The number of halogens is 3. The van der Waals surface area contributed by atoms with Gasteiger partial charge in [-0.3, -0.25) is 4.79 Å². The van der Waals surface area contributed by atoms with E-state index in [2.05, 4.69) is 0 Å². The van der Waals surface area contributed by atoms with E-state index in [4.69, 9.17) is 9.47 Å². The maximum atomic E-state index is 13.2. The molecule has 1 aliphatic carbocycles. The van der Waals surface area contributed by atoms with E-state index in [1.165, 1.54) is 12.1 Å². The fraction of sp³-hybridized carbons (Fsp3) is 0.611. The van der Waals surface area contributed by atoms with Gasteiger partial charge in [0.05, 0.1) is 18.7 Å². The summed E-state index contributed by atoms with van der Waals surface area (Å²) >= 11 is 0. The minimum atomic E-state index is -4.40. The molecule has 1 aliphatic heterocycles. The highest BCUT2D eigenvalue weighted by atomic mass is 19.4. The monoisotopic (exact) mass is 357 g/mol. The van der Waals surface area contributed by atoms with Gasteiger partial charge in [-0.25, -0.2) is 0 Å². The molecule has 3 rings (SSSR count). The van der Waals surface area contributed by atoms with Crippen LogP contribution >= 0.6 is 0 Å². The molecule has 1 saturated heterocycles. The van der Waals surface area contributed by atoms with E-state index in [1.807, 2.05) is 0 Å². The summed E-state index contributed by atoms with van der Waals surface area (Å²) in [6.45, 7) is 1.39. The molecule has 0 N–H and O–H groups in total. The van der Waals surface area contributed by atoms with Gasteiger partial charge in [-0.15, -0.1) is 0 Å². The zero-order chi connectivity index (χ0) is 18.2. The molecule has 7 heteroatoms. The quantitative estimate of drug-likeness (QED) is 0.813. The van der Waals surface area contributed by atoms with E-state index in [0.29, 0.717) is 32.6 Å². The molecule has 0 bridgehead atoms. The van der Waals surface area contributed by atoms with Crippen molar-refractivity contribution in [2.75, 3.05) is 33.9 Å². The molecular formula is C18H22F3NO3. The molecule has 138 valence electrons. The number of amides is 1. The molecule has 0 aromatic heterocycles. The van der Waals surface area contributed by atoms with E-state index >= 15 is 0 Å². The molecule has 0 spiro atoms. The van der Waals surface area contributed by atoms with Crippen molar-refractivity contribution in [1.29, 1.82) is 0 Å². The van der Waals surface area contributed by atoms with Crippen molar-refractivity contribution in [3.05, 3.63) is 35.4 Å². The van der Waals surface area contributed by atoms with Crippen molar-refractivity contribution in [3.63, 3.8) is 0 Å². The molecule has 4 nitrogen and oxygen atoms in total. The van der Waals surface area contributed by atoms with Crippen molar-refractivity contribution >= 4 is 5.91 Å². The molecule has 0 radical (unpaired) electrons. The normalized spacial score (nSPS) is 28.8. The molecule has 25 heavy (non-hydrogen) atoms. The number of methoxy groups -OCH3 is 1. The molecule has 1 heterocycles. The lowest BCUT2D eigenvalue weighted by Crippen LogP contribution is -2.46. The SMILES string of the molecule is COC1(CN(C)C(=O)[C@@H]2C[C@H]2c2ccccc2C(F)(F)F)CCOC1. The summed E-state index contributed by atoms with van der Waals surface area (Å²) in [4.78, 5) is 14.2. The summed E-state index contributed by atoms with van der Waals surface area (Å²) in [5.41, 5.74) is -0.943. The Morgan fingerprint density at radius 1 is 1.40 bits per heavy atom. The highest BCUT2D eigenvalue weighted by Crippen LogP contribution is 2.51. The van der Waals surface area contributed by atoms with E-state index < -0.39 is 23.3 Å². The minimum Gasteiger partial charge on any atom is -0.378 e. The van der Waals surface area contributed by atoms with Gasteiger partial charge in [0.1, 0.15) is 5.60 Å². The highest BCUT2D eigenvalue weighted by molar-refractivity contribution is 5.83. The van der Waals surface area contributed by atoms with Crippen LogP contribution in [0.15, 0.2) is 24.3 Å². The van der Waals surface area contributed by atoms with Gasteiger partial charge in [-0.1, -0.05) is 18.2 Å². The predicted octanol–water partition coefficient (Wildman–Crippen LogP) is 3.07. The van der Waals surface area contributed by atoms with Crippen molar-refractivity contribution in [2.24, 2.45) is 5.92 Å². The summed E-state index contributed by atoms with van der Waals surface area (Å²) in [6, 6.07) is 5.51. The third-order valence-corrected chi connectivity index (χ3v) is 5.17. The smallest absolute Gasteiger partial charge is 0.378 e. The van der Waals surface area contributed by atoms with E-state index in [-0.39, 0.29) is 17.4 Å². The van der Waals surface area contributed by atoms with E-state index in [9.17, 15) is 18.0 Å². The Kier molecular flexibility index (Phi) is 4.81. The van der Waals surface area contributed by atoms with Crippen LogP contribution in [0.5, 0.6) is 0 Å². The molecule has 1 unspecified atom stereocenters. The van der Waals surface area contributed by atoms with Crippen molar-refractivity contribution in [1.82, 2.24) is 4.90 Å². The lowest BCUT2D eigenvalue weighted by molar-refractivity contribution is -0.139. The van der Waals surface area contributed by atoms with Gasteiger partial charge < -0.3 is 14.4 Å². The van der Waals surface area contributed by atoms with Gasteiger partial charge in [-0.05, 0) is 24.0 Å². The Hall–Kier alpha value is -1.60. The van der Waals surface area contributed by atoms with Gasteiger partial charge >= 0.3 is 6.18 Å². The first-order valence-electron chi connectivity index (χ1n) is 8.31. The second kappa shape index (κ2) is 6.61. The Bertz CT molecular complexity index is 641. The number of likely N-dealkylation sites (N-methyl/N-ethyl adjacent to an activating group) is 1. The first-order chi connectivity index (χ1) is 11.8. The molecule has 3 atom stereocenters. The van der Waals surface area contributed by atoms with Crippen LogP contribution in [0.1, 0.15) is 29.9 Å². The summed E-state index contributed by atoms with van der Waals surface area (Å²) < 4.78 is 50.4. The maximum Gasteiger partial charge on any atom is 0.416 e. The topological polar surface area (TPSA) is 38.8 Å². The van der Waals surface area contributed by atoms with E-state index in [0.717, 1.165) is 6.07 Å². The number of ether oxygens (including phenoxy) is 2. The van der Waals surface area contributed by atoms with Crippen LogP contribution in [-0.2, 0) is 20.4 Å². The number of carbonyl (C=O) groups is 1. The van der Waals surface area contributed by atoms with Gasteiger partial charge in [0.2, 0.25) is 5.91 Å². The third-order valence-electron chi connectivity index (χ3n) is 5.17. The van der Waals surface area contributed by atoms with Crippen LogP contribution in [-0.4, -0.2) is 50.3 Å². The molecular weight excluding hydrogens is 335 g/mol. The van der Waals surface area contributed by atoms with Crippen LogP contribution in [0, 0.1) is 5.92 Å². The van der Waals surface area contributed by atoms with Gasteiger partial charge in [0.25, 0.3) is 0 Å². The molecule has 1 aromatic rings. The van der Waals surface area contributed by atoms with Crippen molar-refractivity contribution in [2.45, 2.75) is 30.5 Å². The second-order valence-corrected chi connectivity index (χ2v) is 6.92. The van der Waals surface area contributed by atoms with Gasteiger partial charge in [0, 0.05) is 33.1 Å². The van der Waals surface area contributed by atoms with Gasteiger partial charge in [0.15, 0.2) is 0 Å². The van der Waals surface area contributed by atoms with Crippen LogP contribution in [0.25, 0.3) is 0 Å². The fourth-order valence-electron chi connectivity index (χ4n) is 3.62. The molecule has 1 amide bonds. The summed E-state index contributed by atoms with van der Waals surface area (Å²) in [6.07, 6.45) is -3.25. The largest absolute Gasteiger partial charge is 0.416 e. The van der Waals surface area contributed by atoms with Crippen molar-refractivity contribution < 1.29 is 27.4 Å². The number of benzene rings is 1. The Morgan fingerprint density at radius 3 is 2.72 bits per heavy atom. The Morgan fingerprint density at radius 2 is 2.12 bits per heavy atom. The standard InChI is InChI=1S/C18H22F3NO3/c1-22(10-17(24-2)7-8-25-11-17)16(23)14-9-13(14)12-5-3-4-6-15(12)18(19,20)21/h3-6,13-14H,7-11H2,1-2H3/t13-,14+,17?/m0/s1. The predicted molar refractivity (Wildman–Crippen MR) is 85.1 cm³/mol. The van der Waals surface area contributed by atoms with Crippen molar-refractivity contribution in [3.8, 4) is 0 Å². The maximum absolute atomic E-state index is 13.2. The Labute approximate surface area is 144 Å². The average Bonchev–Trinajstić information content (AvgIpc) is 3.25. The number of nitrogens with zero attached hydrogens (tertiary/aromatic N) is 1. The first-order valence-corrected chi connectivity index (χ1v) is 8.31. The van der Waals surface area contributed by atoms with Crippen LogP contribution in [0.2, 0.25) is 0 Å². The lowest BCUT2D eigenvalue weighted by atomic mass is 10.0. The van der Waals surface area contributed by atoms with Crippen LogP contribution < -0.4 is 0 Å². The first kappa shape index (κ1) is 18.2. The highest BCUT2D eigenvalue weighted by Gasteiger charge is 2.49. The average molecular weight is 357 g/mol. The van der Waals surface area contributed by atoms with Crippen LogP contribution in [0.4, 0.5) is 13.2 Å². The Balaban J connectivity index is 1.68. The molecule has 1 saturated carbocycles. The molecule has 2 fully saturated rings. The number of rotatable bonds is 5. The summed E-state index contributed by atoms with van der Waals surface area (Å²) in [7, 11) is 3.26. The second-order valence-electron chi connectivity index (χ2n) is 6.92. The minimum absolute atomic E-state index is 0.134. The third kappa shape index (κ3) is 3.67. The summed E-state index contributed by atoms with van der Waals surface area (Å²) in [5, 5.41) is 0. The zero-order valence-electron chi connectivity index (χ0n) is 14.3. The number of carbonyl (C=O) groups excluding carboxylic acids is 1. The summed E-state index contributed by atoms with van der Waals surface area (Å²) in [5.74, 6) is -0.902. The fourth-order valence-corrected chi connectivity index (χ4v) is 3.62. The lowest BCUT2D eigenvalue weighted by Gasteiger charge is -2.31. The van der Waals surface area contributed by atoms with Crippen LogP contribution in [0.3, 0.4) is 0 Å². The molecule has 2 aliphatic rings. The zero-order valence-corrected chi connectivity index (χ0v) is 14.3. The number of hydrogen-bond acceptors (Lipinski definition) is 3. The van der Waals surface area contributed by atoms with E-state index in [1.54, 1.807) is 25.1 Å². The molecule has 1 aromatic carbocycles. The number of alkyl halides is 3.